The molecule has 7 nitrogen and oxygen atoms in total. The Bertz CT molecular complexity index is 824. The number of esters is 2. The molecule has 0 saturated heterocycles. The normalized spacial score (nSPS) is 13.5. The lowest BCUT2D eigenvalue weighted by atomic mass is 10.1. The van der Waals surface area contributed by atoms with Gasteiger partial charge in [-0.15, -0.1) is 0 Å². The summed E-state index contributed by atoms with van der Waals surface area (Å²) in [6.45, 7) is 0. The van der Waals surface area contributed by atoms with Crippen LogP contribution in [0.1, 0.15) is 10.4 Å². The fraction of sp³-hybridized carbons (Fsp3) is 0.118. The molecule has 0 atom stereocenters. The topological polar surface area (TPSA) is 93.1 Å². The smallest absolute Gasteiger partial charge is 0.355 e. The van der Waals surface area contributed by atoms with Crippen LogP contribution in [0.3, 0.4) is 0 Å². The summed E-state index contributed by atoms with van der Waals surface area (Å²) in [7, 11) is 2.26. The minimum atomic E-state index is -1.29. The number of benzene rings is 1. The average Bonchev–Trinajstić information content (AvgIpc) is 2.82. The second-order valence-electron chi connectivity index (χ2n) is 4.79. The van der Waals surface area contributed by atoms with E-state index in [2.05, 4.69) is 4.74 Å². The van der Waals surface area contributed by atoms with Crippen molar-refractivity contribution < 1.29 is 33.4 Å². The summed E-state index contributed by atoms with van der Waals surface area (Å²) < 4.78 is 23.8. The van der Waals surface area contributed by atoms with Crippen molar-refractivity contribution in [2.24, 2.45) is 0 Å². The first-order valence-electron chi connectivity index (χ1n) is 6.98. The van der Waals surface area contributed by atoms with E-state index in [9.17, 15) is 18.8 Å². The number of carboxylic acid groups (broad SMARTS) is 1. The van der Waals surface area contributed by atoms with Crippen LogP contribution in [-0.4, -0.2) is 37.2 Å². The number of ether oxygens (including phenoxy) is 2. The quantitative estimate of drug-likeness (QED) is 0.833. The van der Waals surface area contributed by atoms with Crippen LogP contribution in [0.5, 0.6) is 0 Å². The van der Waals surface area contributed by atoms with Crippen molar-refractivity contribution in [3.05, 3.63) is 65.3 Å². The lowest BCUT2D eigenvalue weighted by molar-refractivity contribution is -0.139. The number of halogens is 1. The molecule has 1 aromatic rings. The van der Waals surface area contributed by atoms with Gasteiger partial charge in [0.05, 0.1) is 31.0 Å². The van der Waals surface area contributed by atoms with Gasteiger partial charge >= 0.3 is 17.9 Å². The SMILES string of the molecule is COC(=O)C1=C(C(=O)OC)N(c2ccc(C(=O)O)cc2F)C=CC=C1. The predicted molar refractivity (Wildman–Crippen MR) is 85.2 cm³/mol. The van der Waals surface area contributed by atoms with Gasteiger partial charge in [0, 0.05) is 6.20 Å². The Kier molecular flexibility index (Phi) is 5.33. The number of hydrogen-bond acceptors (Lipinski definition) is 6. The second kappa shape index (κ2) is 7.43. The first-order chi connectivity index (χ1) is 11.9. The minimum Gasteiger partial charge on any atom is -0.478 e. The van der Waals surface area contributed by atoms with Crippen LogP contribution in [-0.2, 0) is 19.1 Å². The zero-order valence-electron chi connectivity index (χ0n) is 13.4. The minimum absolute atomic E-state index is 0.133. The van der Waals surface area contributed by atoms with Gasteiger partial charge in [-0.2, -0.15) is 0 Å². The second-order valence-corrected chi connectivity index (χ2v) is 4.79. The van der Waals surface area contributed by atoms with Gasteiger partial charge in [-0.05, 0) is 30.4 Å². The highest BCUT2D eigenvalue weighted by molar-refractivity contribution is 6.05. The monoisotopic (exact) mass is 347 g/mol. The molecule has 1 aromatic carbocycles. The van der Waals surface area contributed by atoms with Gasteiger partial charge in [-0.1, -0.05) is 6.08 Å². The maximum absolute atomic E-state index is 14.4. The van der Waals surface area contributed by atoms with Crippen LogP contribution in [0.15, 0.2) is 53.9 Å². The van der Waals surface area contributed by atoms with E-state index in [1.807, 2.05) is 0 Å². The molecule has 8 heteroatoms. The summed E-state index contributed by atoms with van der Waals surface area (Å²) in [6.07, 6.45) is 5.62. The fourth-order valence-corrected chi connectivity index (χ4v) is 2.19. The van der Waals surface area contributed by atoms with Gasteiger partial charge in [0.2, 0.25) is 0 Å². The molecule has 1 heterocycles. The summed E-state index contributed by atoms with van der Waals surface area (Å²) in [4.78, 5) is 36.2. The number of aromatic carboxylic acids is 1. The lowest BCUT2D eigenvalue weighted by Gasteiger charge is -2.23. The third-order valence-electron chi connectivity index (χ3n) is 3.34. The first kappa shape index (κ1) is 17.9. The zero-order valence-corrected chi connectivity index (χ0v) is 13.4. The maximum atomic E-state index is 14.4. The molecule has 0 saturated carbocycles. The van der Waals surface area contributed by atoms with E-state index in [1.54, 1.807) is 0 Å². The molecule has 1 aliphatic heterocycles. The number of carbonyl (C=O) groups excluding carboxylic acids is 2. The zero-order chi connectivity index (χ0) is 18.6. The van der Waals surface area contributed by atoms with Crippen molar-refractivity contribution in [1.82, 2.24) is 0 Å². The van der Waals surface area contributed by atoms with Crippen LogP contribution in [0.4, 0.5) is 10.1 Å². The molecule has 0 unspecified atom stereocenters. The van der Waals surface area contributed by atoms with Crippen molar-refractivity contribution in [3.8, 4) is 0 Å². The Morgan fingerprint density at radius 3 is 2.32 bits per heavy atom. The van der Waals surface area contributed by atoms with E-state index in [4.69, 9.17) is 9.84 Å². The molecule has 0 fully saturated rings. The Hall–Kier alpha value is -3.42. The Morgan fingerprint density at radius 1 is 1.08 bits per heavy atom. The highest BCUT2D eigenvalue weighted by Crippen LogP contribution is 2.29. The molecule has 2 rings (SSSR count). The number of allylic oxidation sites excluding steroid dienone is 2. The van der Waals surface area contributed by atoms with Gasteiger partial charge < -0.3 is 19.5 Å². The highest BCUT2D eigenvalue weighted by Gasteiger charge is 2.29. The summed E-state index contributed by atoms with van der Waals surface area (Å²) in [5.41, 5.74) is -0.788. The predicted octanol–water partition coefficient (Wildman–Crippen LogP) is 2.01. The van der Waals surface area contributed by atoms with E-state index in [-0.39, 0.29) is 22.5 Å². The number of methoxy groups -OCH3 is 2. The summed E-state index contributed by atoms with van der Waals surface area (Å²) >= 11 is 0. The number of hydrogen-bond donors (Lipinski definition) is 1. The standard InChI is InChI=1S/C17H14FNO6/c1-24-16(22)11-5-3-4-8-19(14(11)17(23)25-2)13-7-6-10(15(20)21)9-12(13)18/h3-9H,1-2H3,(H,20,21). The van der Waals surface area contributed by atoms with Gasteiger partial charge in [0.1, 0.15) is 11.5 Å². The van der Waals surface area contributed by atoms with Crippen molar-refractivity contribution >= 4 is 23.6 Å². The number of nitrogens with zero attached hydrogens (tertiary/aromatic N) is 1. The number of anilines is 1. The Labute approximate surface area is 142 Å². The van der Waals surface area contributed by atoms with Gasteiger partial charge in [-0.25, -0.2) is 18.8 Å². The third kappa shape index (κ3) is 3.57. The van der Waals surface area contributed by atoms with Crippen molar-refractivity contribution in [2.45, 2.75) is 0 Å². The third-order valence-corrected chi connectivity index (χ3v) is 3.34. The lowest BCUT2D eigenvalue weighted by Crippen LogP contribution is -2.27. The molecule has 1 aliphatic rings. The molecular formula is C17H14FNO6. The van der Waals surface area contributed by atoms with Gasteiger partial charge in [0.15, 0.2) is 0 Å². The molecule has 130 valence electrons. The Balaban J connectivity index is 2.67. The van der Waals surface area contributed by atoms with E-state index < -0.39 is 23.7 Å². The van der Waals surface area contributed by atoms with Gasteiger partial charge in [-0.3, -0.25) is 0 Å². The van der Waals surface area contributed by atoms with E-state index >= 15 is 0 Å². The number of rotatable bonds is 4. The van der Waals surface area contributed by atoms with Crippen LogP contribution in [0.2, 0.25) is 0 Å². The first-order valence-corrected chi connectivity index (χ1v) is 6.98. The largest absolute Gasteiger partial charge is 0.478 e. The molecular weight excluding hydrogens is 333 g/mol. The van der Waals surface area contributed by atoms with Crippen LogP contribution in [0, 0.1) is 5.82 Å². The van der Waals surface area contributed by atoms with Gasteiger partial charge in [0.25, 0.3) is 0 Å². The summed E-state index contributed by atoms with van der Waals surface area (Å²) in [5.74, 6) is -3.89. The highest BCUT2D eigenvalue weighted by atomic mass is 19.1. The van der Waals surface area contributed by atoms with E-state index in [0.717, 1.165) is 25.2 Å². The molecule has 0 bridgehead atoms. The number of carbonyl (C=O) groups is 3. The van der Waals surface area contributed by atoms with Crippen molar-refractivity contribution in [3.63, 3.8) is 0 Å². The average molecular weight is 347 g/mol. The molecule has 0 radical (unpaired) electrons. The fourth-order valence-electron chi connectivity index (χ4n) is 2.19. The number of carboxylic acids is 1. The summed E-state index contributed by atoms with van der Waals surface area (Å²) in [5, 5.41) is 8.93. The maximum Gasteiger partial charge on any atom is 0.355 e. The van der Waals surface area contributed by atoms with Crippen molar-refractivity contribution in [1.29, 1.82) is 0 Å². The van der Waals surface area contributed by atoms with Crippen LogP contribution in [0.25, 0.3) is 0 Å². The molecule has 25 heavy (non-hydrogen) atoms. The van der Waals surface area contributed by atoms with E-state index in [1.165, 1.54) is 36.6 Å². The molecule has 0 aromatic heterocycles. The van der Waals surface area contributed by atoms with Crippen molar-refractivity contribution in [2.75, 3.05) is 19.1 Å². The van der Waals surface area contributed by atoms with E-state index in [0.29, 0.717) is 0 Å². The summed E-state index contributed by atoms with van der Waals surface area (Å²) in [6, 6.07) is 3.18. The van der Waals surface area contributed by atoms with Crippen LogP contribution >= 0.6 is 0 Å². The Morgan fingerprint density at radius 2 is 1.76 bits per heavy atom. The molecule has 1 N–H and O–H groups in total. The molecule has 0 aliphatic carbocycles. The molecule has 0 spiro atoms. The molecule has 0 amide bonds. The van der Waals surface area contributed by atoms with Crippen LogP contribution < -0.4 is 4.90 Å².